The number of thioether (sulfide) groups is 1. The number of para-hydroxylation sites is 1. The van der Waals surface area contributed by atoms with E-state index in [-0.39, 0.29) is 5.91 Å². The largest absolute Gasteiger partial charge is 0.494 e. The van der Waals surface area contributed by atoms with Gasteiger partial charge in [-0.1, -0.05) is 48.0 Å². The molecule has 1 aliphatic rings. The van der Waals surface area contributed by atoms with Crippen LogP contribution in [0.3, 0.4) is 0 Å². The second-order valence-corrected chi connectivity index (χ2v) is 8.80. The fraction of sp³-hybridized carbons (Fsp3) is 0.269. The Bertz CT molecular complexity index is 1050. The van der Waals surface area contributed by atoms with E-state index < -0.39 is 0 Å². The van der Waals surface area contributed by atoms with Gasteiger partial charge in [0, 0.05) is 41.4 Å². The Morgan fingerprint density at radius 3 is 2.71 bits per heavy atom. The first kappa shape index (κ1) is 21.3. The quantitative estimate of drug-likeness (QED) is 0.540. The number of fused-ring (bicyclic) bond motifs is 1. The van der Waals surface area contributed by atoms with E-state index in [1.54, 1.807) is 0 Å². The minimum Gasteiger partial charge on any atom is -0.494 e. The smallest absolute Gasteiger partial charge is 0.251 e. The first-order valence-corrected chi connectivity index (χ1v) is 11.7. The lowest BCUT2D eigenvalue weighted by Crippen LogP contribution is -2.29. The van der Waals surface area contributed by atoms with Gasteiger partial charge in [0.1, 0.15) is 5.75 Å². The third kappa shape index (κ3) is 5.23. The summed E-state index contributed by atoms with van der Waals surface area (Å²) in [7, 11) is 0. The highest BCUT2D eigenvalue weighted by Gasteiger charge is 2.20. The molecule has 1 aliphatic heterocycles. The summed E-state index contributed by atoms with van der Waals surface area (Å²) >= 11 is 1.85. The number of carbonyl (C=O) groups is 1. The Labute approximate surface area is 188 Å². The molecule has 160 valence electrons. The molecule has 0 saturated carbocycles. The molecule has 0 unspecified atom stereocenters. The van der Waals surface area contributed by atoms with Crippen LogP contribution < -0.4 is 15.0 Å². The number of hydrogen-bond donors (Lipinski definition) is 1. The molecule has 0 radical (unpaired) electrons. The van der Waals surface area contributed by atoms with Crippen molar-refractivity contribution in [3.8, 4) is 5.75 Å². The molecule has 0 aliphatic carbocycles. The predicted molar refractivity (Wildman–Crippen MR) is 128 cm³/mol. The summed E-state index contributed by atoms with van der Waals surface area (Å²) in [6, 6.07) is 22.5. The minimum absolute atomic E-state index is 0.0695. The molecule has 4 rings (SSSR count). The molecule has 0 bridgehead atoms. The van der Waals surface area contributed by atoms with Crippen LogP contribution in [0.25, 0.3) is 0 Å². The summed E-state index contributed by atoms with van der Waals surface area (Å²) in [4.78, 5) is 16.5. The molecular formula is C26H28N2O2S. The van der Waals surface area contributed by atoms with Gasteiger partial charge in [-0.25, -0.2) is 0 Å². The van der Waals surface area contributed by atoms with Crippen LogP contribution >= 0.6 is 11.8 Å². The zero-order chi connectivity index (χ0) is 21.6. The molecule has 5 heteroatoms. The molecule has 1 amide bonds. The van der Waals surface area contributed by atoms with Crippen molar-refractivity contribution in [2.75, 3.05) is 23.8 Å². The average Bonchev–Trinajstić information content (AvgIpc) is 2.80. The first-order valence-electron chi connectivity index (χ1n) is 10.7. The summed E-state index contributed by atoms with van der Waals surface area (Å²) in [6.07, 6.45) is 0. The van der Waals surface area contributed by atoms with E-state index in [1.165, 1.54) is 16.0 Å². The van der Waals surface area contributed by atoms with E-state index in [1.807, 2.05) is 55.1 Å². The fourth-order valence-electron chi connectivity index (χ4n) is 3.72. The van der Waals surface area contributed by atoms with Crippen molar-refractivity contribution in [1.29, 1.82) is 0 Å². The van der Waals surface area contributed by atoms with Crippen LogP contribution in [-0.4, -0.2) is 24.8 Å². The van der Waals surface area contributed by atoms with Crippen molar-refractivity contribution < 1.29 is 9.53 Å². The Morgan fingerprint density at radius 1 is 1.10 bits per heavy atom. The summed E-state index contributed by atoms with van der Waals surface area (Å²) in [5.41, 5.74) is 5.35. The number of anilines is 1. The van der Waals surface area contributed by atoms with Crippen LogP contribution in [0.1, 0.15) is 34.0 Å². The van der Waals surface area contributed by atoms with E-state index in [0.29, 0.717) is 18.7 Å². The second-order valence-electron chi connectivity index (χ2n) is 7.66. The number of ether oxygens (including phenoxy) is 1. The zero-order valence-electron chi connectivity index (χ0n) is 18.1. The van der Waals surface area contributed by atoms with Crippen LogP contribution in [0.5, 0.6) is 5.75 Å². The monoisotopic (exact) mass is 432 g/mol. The van der Waals surface area contributed by atoms with E-state index in [2.05, 4.69) is 47.5 Å². The van der Waals surface area contributed by atoms with Gasteiger partial charge >= 0.3 is 0 Å². The highest BCUT2D eigenvalue weighted by Crippen LogP contribution is 2.36. The Balaban J connectivity index is 1.49. The molecule has 3 aromatic rings. The van der Waals surface area contributed by atoms with Gasteiger partial charge in [0.05, 0.1) is 12.3 Å². The van der Waals surface area contributed by atoms with Crippen LogP contribution in [-0.2, 0) is 13.1 Å². The zero-order valence-corrected chi connectivity index (χ0v) is 18.9. The van der Waals surface area contributed by atoms with Gasteiger partial charge in [-0.3, -0.25) is 4.79 Å². The number of aryl methyl sites for hydroxylation is 1. The molecule has 1 heterocycles. The van der Waals surface area contributed by atoms with Gasteiger partial charge in [-0.15, -0.1) is 11.8 Å². The number of benzene rings is 3. The molecule has 3 aromatic carbocycles. The minimum atomic E-state index is -0.0695. The van der Waals surface area contributed by atoms with Crippen LogP contribution in [0, 0.1) is 6.92 Å². The van der Waals surface area contributed by atoms with Crippen molar-refractivity contribution in [3.05, 3.63) is 89.0 Å². The van der Waals surface area contributed by atoms with Crippen molar-refractivity contribution in [2.24, 2.45) is 0 Å². The Morgan fingerprint density at radius 2 is 1.90 bits per heavy atom. The van der Waals surface area contributed by atoms with Gasteiger partial charge in [0.15, 0.2) is 0 Å². The first-order chi connectivity index (χ1) is 15.1. The van der Waals surface area contributed by atoms with E-state index in [0.717, 1.165) is 35.8 Å². The van der Waals surface area contributed by atoms with Gasteiger partial charge in [0.2, 0.25) is 0 Å². The normalized spacial score (nSPS) is 12.9. The number of hydrogen-bond acceptors (Lipinski definition) is 4. The molecule has 0 atom stereocenters. The highest BCUT2D eigenvalue weighted by atomic mass is 32.2. The third-order valence-electron chi connectivity index (χ3n) is 5.39. The average molecular weight is 433 g/mol. The molecule has 1 N–H and O–H groups in total. The maximum Gasteiger partial charge on any atom is 0.251 e. The number of rotatable bonds is 7. The maximum absolute atomic E-state index is 12.9. The van der Waals surface area contributed by atoms with Gasteiger partial charge in [-0.05, 0) is 43.7 Å². The molecular weight excluding hydrogens is 404 g/mol. The van der Waals surface area contributed by atoms with Crippen molar-refractivity contribution in [1.82, 2.24) is 5.32 Å². The maximum atomic E-state index is 12.9. The van der Waals surface area contributed by atoms with Crippen molar-refractivity contribution in [3.63, 3.8) is 0 Å². The predicted octanol–water partition coefficient (Wildman–Crippen LogP) is 5.44. The van der Waals surface area contributed by atoms with E-state index in [9.17, 15) is 4.79 Å². The summed E-state index contributed by atoms with van der Waals surface area (Å²) in [5.74, 6) is 1.80. The summed E-state index contributed by atoms with van der Waals surface area (Å²) < 4.78 is 5.67. The number of nitrogens with zero attached hydrogens (tertiary/aromatic N) is 1. The SMILES string of the molecule is CCOc1ccccc1CNC(=O)c1ccc2c(c1)N(Cc1ccc(C)cc1)CCS2. The summed E-state index contributed by atoms with van der Waals surface area (Å²) in [6.45, 7) is 6.92. The second kappa shape index (κ2) is 9.92. The lowest BCUT2D eigenvalue weighted by Gasteiger charge is -2.31. The molecule has 0 spiro atoms. The highest BCUT2D eigenvalue weighted by molar-refractivity contribution is 7.99. The lowest BCUT2D eigenvalue weighted by molar-refractivity contribution is 0.0950. The lowest BCUT2D eigenvalue weighted by atomic mass is 10.1. The Kier molecular flexibility index (Phi) is 6.82. The van der Waals surface area contributed by atoms with Crippen molar-refractivity contribution in [2.45, 2.75) is 31.8 Å². The number of carbonyl (C=O) groups excluding carboxylic acids is 1. The number of amides is 1. The molecule has 4 nitrogen and oxygen atoms in total. The summed E-state index contributed by atoms with van der Waals surface area (Å²) in [5, 5.41) is 3.05. The topological polar surface area (TPSA) is 41.6 Å². The molecule has 0 saturated heterocycles. The molecule has 31 heavy (non-hydrogen) atoms. The standard InChI is InChI=1S/C26H28N2O2S/c1-3-30-24-7-5-4-6-22(24)17-27-26(29)21-12-13-25-23(16-21)28(14-15-31-25)18-20-10-8-19(2)9-11-20/h4-13,16H,3,14-15,17-18H2,1-2H3,(H,27,29). The van der Waals surface area contributed by atoms with E-state index >= 15 is 0 Å². The van der Waals surface area contributed by atoms with Gasteiger partial charge in [0.25, 0.3) is 5.91 Å². The third-order valence-corrected chi connectivity index (χ3v) is 6.43. The van der Waals surface area contributed by atoms with Crippen molar-refractivity contribution >= 4 is 23.4 Å². The van der Waals surface area contributed by atoms with Crippen LogP contribution in [0.4, 0.5) is 5.69 Å². The fourth-order valence-corrected chi connectivity index (χ4v) is 4.75. The van der Waals surface area contributed by atoms with Crippen LogP contribution in [0.2, 0.25) is 0 Å². The number of nitrogens with one attached hydrogen (secondary N) is 1. The Hall–Kier alpha value is -2.92. The van der Waals surface area contributed by atoms with Gasteiger partial charge < -0.3 is 15.0 Å². The van der Waals surface area contributed by atoms with Gasteiger partial charge in [-0.2, -0.15) is 0 Å². The van der Waals surface area contributed by atoms with E-state index in [4.69, 9.17) is 4.74 Å². The molecule has 0 fully saturated rings. The molecule has 0 aromatic heterocycles. The van der Waals surface area contributed by atoms with Crippen LogP contribution in [0.15, 0.2) is 71.6 Å².